The first-order chi connectivity index (χ1) is 14.7. The van der Waals surface area contributed by atoms with Gasteiger partial charge in [-0.2, -0.15) is 0 Å². The zero-order chi connectivity index (χ0) is 20.9. The van der Waals surface area contributed by atoms with Crippen molar-refractivity contribution in [1.82, 2.24) is 9.55 Å². The van der Waals surface area contributed by atoms with Crippen molar-refractivity contribution in [2.45, 2.75) is 6.92 Å². The zero-order valence-electron chi connectivity index (χ0n) is 16.5. The van der Waals surface area contributed by atoms with Crippen LogP contribution in [0.4, 0.5) is 0 Å². The van der Waals surface area contributed by atoms with Crippen molar-refractivity contribution in [3.63, 3.8) is 0 Å². The van der Waals surface area contributed by atoms with Gasteiger partial charge in [0, 0.05) is 28.6 Å². The summed E-state index contributed by atoms with van der Waals surface area (Å²) >= 11 is 0. The maximum Gasteiger partial charge on any atom is 0.358 e. The van der Waals surface area contributed by atoms with Crippen LogP contribution in [0.5, 0.6) is 0 Å². The van der Waals surface area contributed by atoms with Crippen LogP contribution in [0.1, 0.15) is 33.3 Å². The number of aromatic nitrogens is 2. The van der Waals surface area contributed by atoms with E-state index < -0.39 is 5.97 Å². The fraction of sp³-hybridized carbons (Fsp3) is 0.0800. The third kappa shape index (κ3) is 3.91. The first-order valence-electron chi connectivity index (χ1n) is 9.69. The van der Waals surface area contributed by atoms with Gasteiger partial charge in [-0.05, 0) is 31.2 Å². The Labute approximate surface area is 174 Å². The van der Waals surface area contributed by atoms with E-state index in [1.807, 2.05) is 65.2 Å². The maximum atomic E-state index is 12.7. The largest absolute Gasteiger partial charge is 0.461 e. The van der Waals surface area contributed by atoms with Crippen LogP contribution in [-0.2, 0) is 4.74 Å². The maximum absolute atomic E-state index is 12.7. The van der Waals surface area contributed by atoms with Gasteiger partial charge in [0.1, 0.15) is 5.82 Å². The molecule has 1 aromatic heterocycles. The third-order valence-corrected chi connectivity index (χ3v) is 4.67. The molecule has 5 heteroatoms. The monoisotopic (exact) mass is 396 g/mol. The highest BCUT2D eigenvalue weighted by Crippen LogP contribution is 2.24. The Balaban J connectivity index is 1.72. The summed E-state index contributed by atoms with van der Waals surface area (Å²) in [6, 6.07) is 26.0. The van der Waals surface area contributed by atoms with E-state index >= 15 is 0 Å². The van der Waals surface area contributed by atoms with E-state index in [1.54, 1.807) is 37.4 Å². The van der Waals surface area contributed by atoms with Gasteiger partial charge in [0.05, 0.1) is 6.61 Å². The molecule has 30 heavy (non-hydrogen) atoms. The summed E-state index contributed by atoms with van der Waals surface area (Å²) < 4.78 is 6.94. The van der Waals surface area contributed by atoms with Crippen LogP contribution in [0.3, 0.4) is 0 Å². The molecular formula is C25H20N2O3. The second kappa shape index (κ2) is 8.57. The lowest BCUT2D eigenvalue weighted by Crippen LogP contribution is -2.04. The molecule has 4 aromatic rings. The van der Waals surface area contributed by atoms with Crippen LogP contribution in [0.15, 0.2) is 91.1 Å². The van der Waals surface area contributed by atoms with Gasteiger partial charge in [-0.25, -0.2) is 9.78 Å². The van der Waals surface area contributed by atoms with E-state index in [-0.39, 0.29) is 18.1 Å². The Bertz CT molecular complexity index is 1160. The highest BCUT2D eigenvalue weighted by atomic mass is 16.5. The summed E-state index contributed by atoms with van der Waals surface area (Å²) in [4.78, 5) is 29.4. The van der Waals surface area contributed by atoms with E-state index in [1.165, 1.54) is 0 Å². The smallest absolute Gasteiger partial charge is 0.358 e. The van der Waals surface area contributed by atoms with Crippen molar-refractivity contribution < 1.29 is 14.3 Å². The van der Waals surface area contributed by atoms with E-state index in [2.05, 4.69) is 4.98 Å². The molecule has 3 aromatic carbocycles. The Kier molecular flexibility index (Phi) is 5.52. The highest BCUT2D eigenvalue weighted by molar-refractivity contribution is 6.09. The lowest BCUT2D eigenvalue weighted by molar-refractivity contribution is 0.0520. The Hall–Kier alpha value is -3.99. The van der Waals surface area contributed by atoms with Crippen molar-refractivity contribution in [2.75, 3.05) is 6.61 Å². The summed E-state index contributed by atoms with van der Waals surface area (Å²) in [7, 11) is 0. The van der Waals surface area contributed by atoms with E-state index in [4.69, 9.17) is 4.74 Å². The van der Waals surface area contributed by atoms with Crippen molar-refractivity contribution in [2.24, 2.45) is 0 Å². The van der Waals surface area contributed by atoms with Gasteiger partial charge < -0.3 is 4.74 Å². The normalized spacial score (nSPS) is 10.6. The van der Waals surface area contributed by atoms with Crippen molar-refractivity contribution >= 4 is 11.8 Å². The van der Waals surface area contributed by atoms with Gasteiger partial charge in [0.25, 0.3) is 0 Å². The van der Waals surface area contributed by atoms with Gasteiger partial charge in [-0.1, -0.05) is 60.7 Å². The standard InChI is InChI=1S/C25H20N2O3/c1-2-30-25(29)22-17-27(24(26-22)20-11-7-4-8-12-20)21-15-13-19(14-16-21)23(28)18-9-5-3-6-10-18/h3-17H,2H2,1H3. The molecule has 0 N–H and O–H groups in total. The third-order valence-electron chi connectivity index (χ3n) is 4.67. The molecule has 5 nitrogen and oxygen atoms in total. The minimum atomic E-state index is -0.468. The number of esters is 1. The number of ether oxygens (including phenoxy) is 1. The molecule has 1 heterocycles. The van der Waals surface area contributed by atoms with Crippen molar-refractivity contribution in [1.29, 1.82) is 0 Å². The zero-order valence-corrected chi connectivity index (χ0v) is 16.5. The number of rotatable bonds is 6. The molecule has 4 rings (SSSR count). The summed E-state index contributed by atoms with van der Waals surface area (Å²) in [5.41, 5.74) is 3.14. The molecule has 0 radical (unpaired) electrons. The number of carbonyl (C=O) groups excluding carboxylic acids is 2. The van der Waals surface area contributed by atoms with Gasteiger partial charge in [0.15, 0.2) is 11.5 Å². The number of hydrogen-bond acceptors (Lipinski definition) is 4. The molecular weight excluding hydrogens is 376 g/mol. The predicted octanol–water partition coefficient (Wildman–Crippen LogP) is 4.95. The van der Waals surface area contributed by atoms with Crippen LogP contribution >= 0.6 is 0 Å². The Morgan fingerprint density at radius 2 is 1.43 bits per heavy atom. The van der Waals surface area contributed by atoms with Gasteiger partial charge in [0.2, 0.25) is 0 Å². The molecule has 0 aliphatic rings. The van der Waals surface area contributed by atoms with Gasteiger partial charge in [-0.3, -0.25) is 9.36 Å². The van der Waals surface area contributed by atoms with E-state index in [0.717, 1.165) is 11.3 Å². The summed E-state index contributed by atoms with van der Waals surface area (Å²) in [6.07, 6.45) is 1.66. The van der Waals surface area contributed by atoms with E-state index in [9.17, 15) is 9.59 Å². The highest BCUT2D eigenvalue weighted by Gasteiger charge is 2.18. The number of benzene rings is 3. The van der Waals surface area contributed by atoms with Crippen LogP contribution < -0.4 is 0 Å². The van der Waals surface area contributed by atoms with E-state index in [0.29, 0.717) is 17.0 Å². The average molecular weight is 396 g/mol. The van der Waals surface area contributed by atoms with Crippen LogP contribution in [0.2, 0.25) is 0 Å². The molecule has 0 amide bonds. The first-order valence-corrected chi connectivity index (χ1v) is 9.69. The first kappa shape index (κ1) is 19.3. The van der Waals surface area contributed by atoms with Crippen LogP contribution in [-0.4, -0.2) is 27.9 Å². The molecule has 0 atom stereocenters. The number of hydrogen-bond donors (Lipinski definition) is 0. The fourth-order valence-corrected chi connectivity index (χ4v) is 3.20. The van der Waals surface area contributed by atoms with Crippen LogP contribution in [0.25, 0.3) is 17.1 Å². The molecule has 148 valence electrons. The number of carbonyl (C=O) groups is 2. The molecule has 0 spiro atoms. The Morgan fingerprint density at radius 3 is 2.07 bits per heavy atom. The fourth-order valence-electron chi connectivity index (χ4n) is 3.20. The summed E-state index contributed by atoms with van der Waals surface area (Å²) in [6.45, 7) is 2.04. The number of nitrogens with zero attached hydrogens (tertiary/aromatic N) is 2. The quantitative estimate of drug-likeness (QED) is 0.342. The van der Waals surface area contributed by atoms with Crippen molar-refractivity contribution in [3.8, 4) is 17.1 Å². The SMILES string of the molecule is CCOC(=O)c1cn(-c2ccc(C(=O)c3ccccc3)cc2)c(-c2ccccc2)n1. The summed E-state index contributed by atoms with van der Waals surface area (Å²) in [5.74, 6) is 0.119. The minimum Gasteiger partial charge on any atom is -0.461 e. The number of ketones is 1. The molecule has 0 fully saturated rings. The van der Waals surface area contributed by atoms with Crippen LogP contribution in [0, 0.1) is 0 Å². The van der Waals surface area contributed by atoms with Crippen molar-refractivity contribution in [3.05, 3.63) is 108 Å². The molecule has 0 aliphatic carbocycles. The number of imidazole rings is 1. The van der Waals surface area contributed by atoms with Gasteiger partial charge >= 0.3 is 5.97 Å². The molecule has 0 bridgehead atoms. The Morgan fingerprint density at radius 1 is 0.833 bits per heavy atom. The molecule has 0 saturated carbocycles. The molecule has 0 aliphatic heterocycles. The topological polar surface area (TPSA) is 61.2 Å². The van der Waals surface area contributed by atoms with Gasteiger partial charge in [-0.15, -0.1) is 0 Å². The predicted molar refractivity (Wildman–Crippen MR) is 115 cm³/mol. The lowest BCUT2D eigenvalue weighted by Gasteiger charge is -2.09. The molecule has 0 saturated heterocycles. The summed E-state index contributed by atoms with van der Waals surface area (Å²) in [5, 5.41) is 0. The molecule has 0 unspecified atom stereocenters. The second-order valence-electron chi connectivity index (χ2n) is 6.65. The minimum absolute atomic E-state index is 0.0386. The lowest BCUT2D eigenvalue weighted by atomic mass is 10.0. The average Bonchev–Trinajstić information content (AvgIpc) is 3.26. The second-order valence-corrected chi connectivity index (χ2v) is 6.65.